The van der Waals surface area contributed by atoms with Crippen LogP contribution in [0.5, 0.6) is 0 Å². The SMILES string of the molecule is NC(=O)c1cccc(CF)c1Nc1nc(Cl)ncc1Cl. The predicted octanol–water partition coefficient (Wildman–Crippen LogP) is 3.10. The molecule has 8 heteroatoms. The maximum absolute atomic E-state index is 13.0. The number of nitrogens with zero attached hydrogens (tertiary/aromatic N) is 2. The molecule has 0 radical (unpaired) electrons. The third-order valence-corrected chi connectivity index (χ3v) is 2.98. The zero-order valence-corrected chi connectivity index (χ0v) is 11.5. The lowest BCUT2D eigenvalue weighted by Gasteiger charge is -2.13. The fourth-order valence-electron chi connectivity index (χ4n) is 1.62. The zero-order valence-electron chi connectivity index (χ0n) is 10.0. The van der Waals surface area contributed by atoms with Crippen LogP contribution in [-0.4, -0.2) is 15.9 Å². The lowest BCUT2D eigenvalue weighted by Crippen LogP contribution is -2.14. The number of hydrogen-bond donors (Lipinski definition) is 2. The monoisotopic (exact) mass is 314 g/mol. The summed E-state index contributed by atoms with van der Waals surface area (Å²) in [6.45, 7) is -0.778. The number of para-hydroxylation sites is 1. The Morgan fingerprint density at radius 3 is 2.80 bits per heavy atom. The number of primary amides is 1. The highest BCUT2D eigenvalue weighted by molar-refractivity contribution is 6.33. The van der Waals surface area contributed by atoms with Gasteiger partial charge in [-0.25, -0.2) is 9.37 Å². The number of halogens is 3. The normalized spacial score (nSPS) is 10.3. The smallest absolute Gasteiger partial charge is 0.250 e. The molecule has 0 fully saturated rings. The van der Waals surface area contributed by atoms with Gasteiger partial charge in [-0.3, -0.25) is 4.79 Å². The molecule has 20 heavy (non-hydrogen) atoms. The summed E-state index contributed by atoms with van der Waals surface area (Å²) in [5.74, 6) is -0.533. The van der Waals surface area contributed by atoms with Gasteiger partial charge in [0.15, 0.2) is 5.82 Å². The fraction of sp³-hybridized carbons (Fsp3) is 0.0833. The second-order valence-corrected chi connectivity index (χ2v) is 4.54. The largest absolute Gasteiger partial charge is 0.366 e. The zero-order chi connectivity index (χ0) is 14.7. The van der Waals surface area contributed by atoms with Crippen LogP contribution < -0.4 is 11.1 Å². The minimum Gasteiger partial charge on any atom is -0.366 e. The summed E-state index contributed by atoms with van der Waals surface area (Å²) in [7, 11) is 0. The van der Waals surface area contributed by atoms with Gasteiger partial charge in [-0.1, -0.05) is 23.7 Å². The molecule has 0 aliphatic carbocycles. The van der Waals surface area contributed by atoms with Gasteiger partial charge >= 0.3 is 0 Å². The summed E-state index contributed by atoms with van der Waals surface area (Å²) in [6, 6.07) is 4.53. The fourth-order valence-corrected chi connectivity index (χ4v) is 1.89. The molecule has 2 rings (SSSR count). The Balaban J connectivity index is 2.52. The summed E-state index contributed by atoms with van der Waals surface area (Å²) < 4.78 is 13.0. The van der Waals surface area contributed by atoms with Gasteiger partial charge in [0.1, 0.15) is 11.7 Å². The first-order chi connectivity index (χ1) is 9.52. The molecule has 0 atom stereocenters. The summed E-state index contributed by atoms with van der Waals surface area (Å²) >= 11 is 11.6. The van der Waals surface area contributed by atoms with Crippen LogP contribution in [-0.2, 0) is 6.67 Å². The van der Waals surface area contributed by atoms with Crippen LogP contribution in [0.1, 0.15) is 15.9 Å². The predicted molar refractivity (Wildman–Crippen MR) is 75.1 cm³/mol. The van der Waals surface area contributed by atoms with E-state index >= 15 is 0 Å². The van der Waals surface area contributed by atoms with Crippen LogP contribution in [0.4, 0.5) is 15.9 Å². The Labute approximate surface area is 123 Å². The highest BCUT2D eigenvalue weighted by Crippen LogP contribution is 2.29. The molecule has 1 aromatic carbocycles. The minimum absolute atomic E-state index is 0.0322. The van der Waals surface area contributed by atoms with Crippen molar-refractivity contribution in [2.24, 2.45) is 5.73 Å². The lowest BCUT2D eigenvalue weighted by molar-refractivity contribution is 0.100. The summed E-state index contributed by atoms with van der Waals surface area (Å²) in [5, 5.41) is 2.92. The minimum atomic E-state index is -0.778. The van der Waals surface area contributed by atoms with E-state index in [0.29, 0.717) is 0 Å². The first-order valence-corrected chi connectivity index (χ1v) is 6.21. The van der Waals surface area contributed by atoms with E-state index < -0.39 is 12.6 Å². The topological polar surface area (TPSA) is 80.9 Å². The number of nitrogens with two attached hydrogens (primary N) is 1. The first kappa shape index (κ1) is 14.5. The van der Waals surface area contributed by atoms with Crippen LogP contribution in [0.15, 0.2) is 24.4 Å². The second-order valence-electron chi connectivity index (χ2n) is 3.80. The molecule has 0 bridgehead atoms. The molecule has 2 aromatic rings. The van der Waals surface area contributed by atoms with E-state index in [0.717, 1.165) is 0 Å². The van der Waals surface area contributed by atoms with Crippen molar-refractivity contribution in [3.63, 3.8) is 0 Å². The molecule has 104 valence electrons. The van der Waals surface area contributed by atoms with Crippen molar-refractivity contribution < 1.29 is 9.18 Å². The van der Waals surface area contributed by atoms with Crippen molar-refractivity contribution >= 4 is 40.6 Å². The standard InChI is InChI=1S/C12H9Cl2FN4O/c13-8-5-17-12(14)19-11(8)18-9-6(4-15)2-1-3-7(9)10(16)20/h1-3,5H,4H2,(H2,16,20)(H,17,18,19). The molecule has 5 nitrogen and oxygen atoms in total. The number of hydrogen-bond acceptors (Lipinski definition) is 4. The van der Waals surface area contributed by atoms with Gasteiger partial charge in [0.25, 0.3) is 5.91 Å². The summed E-state index contributed by atoms with van der Waals surface area (Å²) in [4.78, 5) is 19.0. The van der Waals surface area contributed by atoms with Gasteiger partial charge in [0.2, 0.25) is 5.28 Å². The van der Waals surface area contributed by atoms with E-state index in [1.807, 2.05) is 0 Å². The Morgan fingerprint density at radius 2 is 2.15 bits per heavy atom. The highest BCUT2D eigenvalue weighted by atomic mass is 35.5. The van der Waals surface area contributed by atoms with Crippen LogP contribution in [0.2, 0.25) is 10.3 Å². The van der Waals surface area contributed by atoms with E-state index in [2.05, 4.69) is 15.3 Å². The van der Waals surface area contributed by atoms with Crippen molar-refractivity contribution in [2.75, 3.05) is 5.32 Å². The second kappa shape index (κ2) is 6.02. The molecule has 0 saturated heterocycles. The van der Waals surface area contributed by atoms with Gasteiger partial charge in [-0.05, 0) is 17.7 Å². The molecule has 0 aliphatic rings. The van der Waals surface area contributed by atoms with Crippen molar-refractivity contribution in [1.29, 1.82) is 0 Å². The molecule has 1 aromatic heterocycles. The van der Waals surface area contributed by atoms with Crippen molar-refractivity contribution in [2.45, 2.75) is 6.67 Å². The molecule has 0 saturated carbocycles. The Kier molecular flexibility index (Phi) is 4.36. The summed E-state index contributed by atoms with van der Waals surface area (Å²) in [6.07, 6.45) is 1.29. The first-order valence-electron chi connectivity index (χ1n) is 5.45. The van der Waals surface area contributed by atoms with Gasteiger partial charge in [0, 0.05) is 5.56 Å². The number of anilines is 2. The average Bonchev–Trinajstić information content (AvgIpc) is 2.42. The number of carbonyl (C=O) groups is 1. The molecule has 1 heterocycles. The quantitative estimate of drug-likeness (QED) is 0.850. The highest BCUT2D eigenvalue weighted by Gasteiger charge is 2.15. The Morgan fingerprint density at radius 1 is 1.40 bits per heavy atom. The van der Waals surface area contributed by atoms with Gasteiger partial charge in [-0.15, -0.1) is 0 Å². The van der Waals surface area contributed by atoms with E-state index in [1.54, 1.807) is 0 Å². The Hall–Kier alpha value is -1.92. The van der Waals surface area contributed by atoms with Crippen molar-refractivity contribution in [3.8, 4) is 0 Å². The van der Waals surface area contributed by atoms with Crippen LogP contribution in [0, 0.1) is 0 Å². The summed E-state index contributed by atoms with van der Waals surface area (Å²) in [5.41, 5.74) is 5.86. The van der Waals surface area contributed by atoms with Crippen LogP contribution in [0.25, 0.3) is 0 Å². The lowest BCUT2D eigenvalue weighted by atomic mass is 10.1. The number of benzene rings is 1. The molecule has 3 N–H and O–H groups in total. The van der Waals surface area contributed by atoms with Gasteiger partial charge < -0.3 is 11.1 Å². The van der Waals surface area contributed by atoms with Gasteiger partial charge in [-0.2, -0.15) is 4.98 Å². The van der Waals surface area contributed by atoms with E-state index in [9.17, 15) is 9.18 Å². The van der Waals surface area contributed by atoms with E-state index in [1.165, 1.54) is 24.4 Å². The van der Waals surface area contributed by atoms with Gasteiger partial charge in [0.05, 0.1) is 17.4 Å². The third kappa shape index (κ3) is 2.97. The van der Waals surface area contributed by atoms with Crippen molar-refractivity contribution in [1.82, 2.24) is 9.97 Å². The molecule has 0 aliphatic heterocycles. The number of aromatic nitrogens is 2. The maximum atomic E-state index is 13.0. The average molecular weight is 315 g/mol. The molecule has 0 spiro atoms. The molecular formula is C12H9Cl2FN4O. The number of alkyl halides is 1. The number of nitrogens with one attached hydrogen (secondary N) is 1. The van der Waals surface area contributed by atoms with Crippen molar-refractivity contribution in [3.05, 3.63) is 45.8 Å². The Bertz CT molecular complexity index is 666. The number of rotatable bonds is 4. The molecular weight excluding hydrogens is 306 g/mol. The molecule has 0 unspecified atom stereocenters. The third-order valence-electron chi connectivity index (χ3n) is 2.52. The van der Waals surface area contributed by atoms with Crippen LogP contribution in [0.3, 0.4) is 0 Å². The maximum Gasteiger partial charge on any atom is 0.250 e. The van der Waals surface area contributed by atoms with E-state index in [-0.39, 0.29) is 32.9 Å². The van der Waals surface area contributed by atoms with Crippen LogP contribution >= 0.6 is 23.2 Å². The molecule has 1 amide bonds. The van der Waals surface area contributed by atoms with E-state index in [4.69, 9.17) is 28.9 Å². The number of amides is 1. The number of carbonyl (C=O) groups excluding carboxylic acids is 1.